The molecular formula is C21H21NO3S2. The lowest BCUT2D eigenvalue weighted by atomic mass is 10.1. The molecule has 0 spiro atoms. The van der Waals surface area contributed by atoms with Gasteiger partial charge < -0.3 is 14.8 Å². The van der Waals surface area contributed by atoms with Gasteiger partial charge in [0, 0.05) is 6.42 Å². The Morgan fingerprint density at radius 3 is 2.52 bits per heavy atom. The second-order valence-electron chi connectivity index (χ2n) is 6.24. The lowest BCUT2D eigenvalue weighted by Crippen LogP contribution is -2.17. The van der Waals surface area contributed by atoms with Crippen LogP contribution in [0.2, 0.25) is 0 Å². The van der Waals surface area contributed by atoms with Gasteiger partial charge in [0.05, 0.1) is 18.1 Å². The van der Waals surface area contributed by atoms with Crippen LogP contribution in [-0.4, -0.2) is 23.4 Å². The van der Waals surface area contributed by atoms with Crippen LogP contribution in [0.1, 0.15) is 23.1 Å². The molecule has 4 nitrogen and oxygen atoms in total. The van der Waals surface area contributed by atoms with Gasteiger partial charge in [0.15, 0.2) is 0 Å². The summed E-state index contributed by atoms with van der Waals surface area (Å²) in [6, 6.07) is 13.8. The van der Waals surface area contributed by atoms with E-state index in [4.69, 9.17) is 21.7 Å². The molecule has 6 heteroatoms. The van der Waals surface area contributed by atoms with Crippen LogP contribution in [0.25, 0.3) is 6.08 Å². The summed E-state index contributed by atoms with van der Waals surface area (Å²) >= 11 is 6.26. The van der Waals surface area contributed by atoms with E-state index in [0.29, 0.717) is 22.4 Å². The molecule has 0 aromatic heterocycles. The Balaban J connectivity index is 1.44. The fourth-order valence-corrected chi connectivity index (χ4v) is 3.57. The van der Waals surface area contributed by atoms with Crippen molar-refractivity contribution in [3.63, 3.8) is 0 Å². The molecule has 1 aliphatic rings. The van der Waals surface area contributed by atoms with E-state index in [9.17, 15) is 4.79 Å². The molecule has 1 aliphatic heterocycles. The molecule has 0 atom stereocenters. The van der Waals surface area contributed by atoms with Gasteiger partial charge >= 0.3 is 0 Å². The van der Waals surface area contributed by atoms with Crippen LogP contribution in [-0.2, 0) is 4.79 Å². The normalized spacial score (nSPS) is 15.1. The first-order valence-electron chi connectivity index (χ1n) is 8.69. The molecule has 0 unspecified atom stereocenters. The maximum Gasteiger partial charge on any atom is 0.263 e. The molecule has 3 rings (SSSR count). The van der Waals surface area contributed by atoms with Gasteiger partial charge in [-0.3, -0.25) is 4.79 Å². The number of carbonyl (C=O) groups excluding carboxylic acids is 1. The van der Waals surface area contributed by atoms with Gasteiger partial charge in [-0.05, 0) is 54.8 Å². The molecular weight excluding hydrogens is 378 g/mol. The van der Waals surface area contributed by atoms with Crippen molar-refractivity contribution in [3.05, 3.63) is 64.1 Å². The number of benzene rings is 2. The van der Waals surface area contributed by atoms with Crippen LogP contribution in [0.15, 0.2) is 47.4 Å². The van der Waals surface area contributed by atoms with E-state index < -0.39 is 0 Å². The van der Waals surface area contributed by atoms with Gasteiger partial charge in [-0.1, -0.05) is 48.2 Å². The fourth-order valence-electron chi connectivity index (χ4n) is 2.53. The number of amides is 1. The number of thiocarbonyl (C=S) groups is 1. The number of hydrogen-bond acceptors (Lipinski definition) is 5. The lowest BCUT2D eigenvalue weighted by molar-refractivity contribution is -0.115. The van der Waals surface area contributed by atoms with Crippen molar-refractivity contribution in [2.24, 2.45) is 0 Å². The van der Waals surface area contributed by atoms with Crippen molar-refractivity contribution in [1.82, 2.24) is 5.32 Å². The van der Waals surface area contributed by atoms with Gasteiger partial charge in [0.2, 0.25) is 0 Å². The van der Waals surface area contributed by atoms with E-state index in [1.54, 1.807) is 0 Å². The Morgan fingerprint density at radius 2 is 1.81 bits per heavy atom. The van der Waals surface area contributed by atoms with Crippen molar-refractivity contribution in [3.8, 4) is 11.5 Å². The highest BCUT2D eigenvalue weighted by Gasteiger charge is 2.21. The minimum absolute atomic E-state index is 0.144. The fraction of sp³-hybridized carbons (Fsp3) is 0.238. The van der Waals surface area contributed by atoms with Gasteiger partial charge in [0.25, 0.3) is 5.91 Å². The summed E-state index contributed by atoms with van der Waals surface area (Å²) in [6.45, 7) is 5.29. The maximum atomic E-state index is 11.7. The number of ether oxygens (including phenoxy) is 2. The first kappa shape index (κ1) is 19.5. The molecule has 1 amide bonds. The largest absolute Gasteiger partial charge is 0.493 e. The third kappa shape index (κ3) is 5.58. The second-order valence-corrected chi connectivity index (χ2v) is 7.96. The number of nitrogens with one attached hydrogen (secondary N) is 1. The monoisotopic (exact) mass is 399 g/mol. The second kappa shape index (κ2) is 9.06. The average Bonchev–Trinajstić information content (AvgIpc) is 2.96. The van der Waals surface area contributed by atoms with Gasteiger partial charge in [-0.15, -0.1) is 0 Å². The SMILES string of the molecule is Cc1ccc(C)c(OCCCOc2ccc(/C=C3/SC(=S)NC3=O)cc2)c1. The van der Waals surface area contributed by atoms with E-state index in [1.807, 2.05) is 37.3 Å². The lowest BCUT2D eigenvalue weighted by Gasteiger charge is -2.10. The standard InChI is InChI=1S/C21H21NO3S2/c1-14-4-5-15(2)18(12-14)25-11-3-10-24-17-8-6-16(7-9-17)13-19-20(23)22-21(26)27-19/h4-9,12-13H,3,10-11H2,1-2H3,(H,22,23,26)/b19-13+. The Bertz CT molecular complexity index is 875. The summed E-state index contributed by atoms with van der Waals surface area (Å²) in [7, 11) is 0. The predicted molar refractivity (Wildman–Crippen MR) is 114 cm³/mol. The van der Waals surface area contributed by atoms with Gasteiger partial charge in [-0.2, -0.15) is 0 Å². The number of hydrogen-bond donors (Lipinski definition) is 1. The average molecular weight is 400 g/mol. The molecule has 27 heavy (non-hydrogen) atoms. The molecule has 1 fully saturated rings. The minimum atomic E-state index is -0.144. The number of rotatable bonds is 7. The number of aryl methyl sites for hydroxylation is 2. The highest BCUT2D eigenvalue weighted by atomic mass is 32.2. The van der Waals surface area contributed by atoms with Gasteiger partial charge in [0.1, 0.15) is 15.8 Å². The summed E-state index contributed by atoms with van der Waals surface area (Å²) < 4.78 is 12.1. The summed E-state index contributed by atoms with van der Waals surface area (Å²) in [4.78, 5) is 12.3. The Morgan fingerprint density at radius 1 is 1.07 bits per heavy atom. The first-order chi connectivity index (χ1) is 13.0. The molecule has 0 saturated carbocycles. The third-order valence-electron chi connectivity index (χ3n) is 3.98. The predicted octanol–water partition coefficient (Wildman–Crippen LogP) is 4.64. The quantitative estimate of drug-likeness (QED) is 0.418. The van der Waals surface area contributed by atoms with E-state index in [0.717, 1.165) is 29.0 Å². The Labute approximate surface area is 168 Å². The maximum absolute atomic E-state index is 11.7. The van der Waals surface area contributed by atoms with Crippen LogP contribution in [0.5, 0.6) is 11.5 Å². The van der Waals surface area contributed by atoms with E-state index in [1.165, 1.54) is 17.3 Å². The van der Waals surface area contributed by atoms with Gasteiger partial charge in [-0.25, -0.2) is 0 Å². The highest BCUT2D eigenvalue weighted by molar-refractivity contribution is 8.26. The molecule has 1 N–H and O–H groups in total. The zero-order valence-corrected chi connectivity index (χ0v) is 16.9. The topological polar surface area (TPSA) is 47.6 Å². The summed E-state index contributed by atoms with van der Waals surface area (Å²) in [5.41, 5.74) is 3.27. The minimum Gasteiger partial charge on any atom is -0.493 e. The summed E-state index contributed by atoms with van der Waals surface area (Å²) in [5.74, 6) is 1.58. The highest BCUT2D eigenvalue weighted by Crippen LogP contribution is 2.26. The smallest absolute Gasteiger partial charge is 0.263 e. The molecule has 0 radical (unpaired) electrons. The zero-order valence-electron chi connectivity index (χ0n) is 15.3. The van der Waals surface area contributed by atoms with Crippen LogP contribution in [0.3, 0.4) is 0 Å². The molecule has 2 aromatic rings. The van der Waals surface area contributed by atoms with Crippen LogP contribution < -0.4 is 14.8 Å². The van der Waals surface area contributed by atoms with Crippen molar-refractivity contribution in [2.45, 2.75) is 20.3 Å². The Hall–Kier alpha value is -2.31. The zero-order chi connectivity index (χ0) is 19.2. The summed E-state index contributed by atoms with van der Waals surface area (Å²) in [6.07, 6.45) is 2.62. The Kier molecular flexibility index (Phi) is 6.53. The molecule has 1 heterocycles. The van der Waals surface area contributed by atoms with Crippen molar-refractivity contribution in [2.75, 3.05) is 13.2 Å². The number of thioether (sulfide) groups is 1. The molecule has 0 bridgehead atoms. The van der Waals surface area contributed by atoms with Crippen molar-refractivity contribution < 1.29 is 14.3 Å². The first-order valence-corrected chi connectivity index (χ1v) is 9.91. The van der Waals surface area contributed by atoms with Crippen LogP contribution >= 0.6 is 24.0 Å². The molecule has 2 aromatic carbocycles. The molecule has 1 saturated heterocycles. The van der Waals surface area contributed by atoms with Crippen molar-refractivity contribution >= 4 is 40.3 Å². The number of carbonyl (C=O) groups is 1. The molecule has 0 aliphatic carbocycles. The van der Waals surface area contributed by atoms with Crippen LogP contribution in [0, 0.1) is 13.8 Å². The van der Waals surface area contributed by atoms with E-state index >= 15 is 0 Å². The van der Waals surface area contributed by atoms with Crippen molar-refractivity contribution in [1.29, 1.82) is 0 Å². The summed E-state index contributed by atoms with van der Waals surface area (Å²) in [5, 5.41) is 2.61. The molecule has 140 valence electrons. The third-order valence-corrected chi connectivity index (χ3v) is 5.14. The van der Waals surface area contributed by atoms with Crippen LogP contribution in [0.4, 0.5) is 0 Å². The van der Waals surface area contributed by atoms with E-state index in [-0.39, 0.29) is 5.91 Å². The van der Waals surface area contributed by atoms with E-state index in [2.05, 4.69) is 30.4 Å².